The lowest BCUT2D eigenvalue weighted by Gasteiger charge is -2.32. The molecule has 0 atom stereocenters. The number of amides is 1. The number of likely N-dealkylation sites (tertiary alicyclic amines) is 1. The van der Waals surface area contributed by atoms with Gasteiger partial charge in [-0.2, -0.15) is 0 Å². The minimum absolute atomic E-state index is 0.0900. The third kappa shape index (κ3) is 4.51. The molecule has 1 aliphatic rings. The molecule has 1 amide bonds. The maximum atomic E-state index is 12.6. The average Bonchev–Trinajstić information content (AvgIpc) is 3.02. The van der Waals surface area contributed by atoms with E-state index in [0.717, 1.165) is 28.8 Å². The van der Waals surface area contributed by atoms with E-state index in [1.165, 1.54) is 22.2 Å². The second kappa shape index (κ2) is 8.03. The number of carbonyl (C=O) groups is 1. The molecule has 26 heavy (non-hydrogen) atoms. The summed E-state index contributed by atoms with van der Waals surface area (Å²) in [4.78, 5) is 34.9. The fourth-order valence-electron chi connectivity index (χ4n) is 3.09. The molecule has 0 N–H and O–H groups in total. The summed E-state index contributed by atoms with van der Waals surface area (Å²) in [7, 11) is 0. The number of aryl methyl sites for hydroxylation is 1. The van der Waals surface area contributed by atoms with Gasteiger partial charge in [-0.25, -0.2) is 18.7 Å². The molecule has 2 aromatic rings. The summed E-state index contributed by atoms with van der Waals surface area (Å²) in [5.74, 6) is 0.314. The Balaban J connectivity index is 1.52. The molecule has 140 valence electrons. The summed E-state index contributed by atoms with van der Waals surface area (Å²) in [5.41, 5.74) is -0.959. The number of halogens is 2. The van der Waals surface area contributed by atoms with Gasteiger partial charge in [0.15, 0.2) is 0 Å². The van der Waals surface area contributed by atoms with E-state index in [2.05, 4.69) is 9.97 Å². The monoisotopic (exact) mass is 382 g/mol. The molecule has 3 rings (SSSR count). The van der Waals surface area contributed by atoms with Gasteiger partial charge in [-0.1, -0.05) is 0 Å². The van der Waals surface area contributed by atoms with E-state index in [9.17, 15) is 18.4 Å². The SMILES string of the molecule is Cc1ncc(CC(=O)N2CCC(Cn3cnc(C(F)F)cc3=O)CC2)s1. The predicted octanol–water partition coefficient (Wildman–Crippen LogP) is 2.43. The van der Waals surface area contributed by atoms with Crippen LogP contribution in [0.2, 0.25) is 0 Å². The molecule has 3 heterocycles. The number of carbonyl (C=O) groups excluding carboxylic acids is 1. The van der Waals surface area contributed by atoms with Gasteiger partial charge < -0.3 is 4.90 Å². The van der Waals surface area contributed by atoms with Gasteiger partial charge in [0.25, 0.3) is 12.0 Å². The van der Waals surface area contributed by atoms with Crippen LogP contribution in [0.4, 0.5) is 8.78 Å². The van der Waals surface area contributed by atoms with Gasteiger partial charge in [0.2, 0.25) is 5.91 Å². The van der Waals surface area contributed by atoms with Crippen LogP contribution in [0.25, 0.3) is 0 Å². The molecule has 1 aliphatic heterocycles. The standard InChI is InChI=1S/C17H20F2N4O2S/c1-11-20-8-13(26-11)6-15(24)22-4-2-12(3-5-22)9-23-10-21-14(17(18)19)7-16(23)25/h7-8,10,12,17H,2-6,9H2,1H3. The zero-order chi connectivity index (χ0) is 18.7. The van der Waals surface area contributed by atoms with E-state index >= 15 is 0 Å². The summed E-state index contributed by atoms with van der Waals surface area (Å²) in [6, 6.07) is 0.889. The first-order chi connectivity index (χ1) is 12.4. The lowest BCUT2D eigenvalue weighted by Crippen LogP contribution is -2.40. The molecular weight excluding hydrogens is 362 g/mol. The van der Waals surface area contributed by atoms with Crippen LogP contribution < -0.4 is 5.56 Å². The number of nitrogens with zero attached hydrogens (tertiary/aromatic N) is 4. The van der Waals surface area contributed by atoms with Crippen LogP contribution in [0, 0.1) is 12.8 Å². The topological polar surface area (TPSA) is 68.1 Å². The Labute approximate surface area is 153 Å². The van der Waals surface area contributed by atoms with E-state index in [1.54, 1.807) is 6.20 Å². The van der Waals surface area contributed by atoms with Crippen LogP contribution in [0.5, 0.6) is 0 Å². The summed E-state index contributed by atoms with van der Waals surface area (Å²) in [6.45, 7) is 3.62. The molecule has 0 aromatic carbocycles. The molecule has 0 spiro atoms. The van der Waals surface area contributed by atoms with Gasteiger partial charge in [0, 0.05) is 36.8 Å². The van der Waals surface area contributed by atoms with Crippen LogP contribution in [0.1, 0.15) is 34.8 Å². The Morgan fingerprint density at radius 1 is 1.35 bits per heavy atom. The number of piperidine rings is 1. The van der Waals surface area contributed by atoms with E-state index in [4.69, 9.17) is 0 Å². The van der Waals surface area contributed by atoms with Crippen molar-refractivity contribution >= 4 is 17.2 Å². The summed E-state index contributed by atoms with van der Waals surface area (Å²) >= 11 is 1.53. The highest BCUT2D eigenvalue weighted by atomic mass is 32.1. The first kappa shape index (κ1) is 18.6. The molecule has 0 unspecified atom stereocenters. The smallest absolute Gasteiger partial charge is 0.280 e. The number of hydrogen-bond acceptors (Lipinski definition) is 5. The van der Waals surface area contributed by atoms with Crippen molar-refractivity contribution in [3.63, 3.8) is 0 Å². The third-order valence-electron chi connectivity index (χ3n) is 4.54. The fourth-order valence-corrected chi connectivity index (χ4v) is 3.87. The maximum absolute atomic E-state index is 12.6. The highest BCUT2D eigenvalue weighted by molar-refractivity contribution is 7.11. The van der Waals surface area contributed by atoms with E-state index in [-0.39, 0.29) is 11.8 Å². The van der Waals surface area contributed by atoms with Crippen molar-refractivity contribution in [3.8, 4) is 0 Å². The van der Waals surface area contributed by atoms with Gasteiger partial charge in [-0.15, -0.1) is 11.3 Å². The summed E-state index contributed by atoms with van der Waals surface area (Å²) in [5, 5.41) is 0.948. The predicted molar refractivity (Wildman–Crippen MR) is 93.3 cm³/mol. The zero-order valence-corrected chi connectivity index (χ0v) is 15.2. The van der Waals surface area contributed by atoms with Crippen molar-refractivity contribution in [2.75, 3.05) is 13.1 Å². The summed E-state index contributed by atoms with van der Waals surface area (Å²) in [6.07, 6.45) is 2.11. The molecule has 1 saturated heterocycles. The third-order valence-corrected chi connectivity index (χ3v) is 5.45. The Hall–Kier alpha value is -2.16. The Bertz CT molecular complexity index is 828. The van der Waals surface area contributed by atoms with E-state index in [0.29, 0.717) is 26.1 Å². The normalized spacial score (nSPS) is 15.6. The van der Waals surface area contributed by atoms with Gasteiger partial charge in [-0.3, -0.25) is 14.2 Å². The highest BCUT2D eigenvalue weighted by Gasteiger charge is 2.24. The van der Waals surface area contributed by atoms with Crippen LogP contribution in [-0.4, -0.2) is 38.4 Å². The van der Waals surface area contributed by atoms with Crippen LogP contribution >= 0.6 is 11.3 Å². The number of thiazole rings is 1. The quantitative estimate of drug-likeness (QED) is 0.797. The van der Waals surface area contributed by atoms with Crippen molar-refractivity contribution in [1.29, 1.82) is 0 Å². The number of aromatic nitrogens is 3. The molecule has 2 aromatic heterocycles. The van der Waals surface area contributed by atoms with E-state index in [1.807, 2.05) is 11.8 Å². The highest BCUT2D eigenvalue weighted by Crippen LogP contribution is 2.21. The minimum Gasteiger partial charge on any atom is -0.342 e. The molecular formula is C17H20F2N4O2S. The lowest BCUT2D eigenvalue weighted by molar-refractivity contribution is -0.131. The molecule has 1 fully saturated rings. The molecule has 6 nitrogen and oxygen atoms in total. The van der Waals surface area contributed by atoms with E-state index < -0.39 is 17.7 Å². The van der Waals surface area contributed by atoms with Crippen LogP contribution in [-0.2, 0) is 17.8 Å². The van der Waals surface area contributed by atoms with Crippen molar-refractivity contribution in [2.24, 2.45) is 5.92 Å². The van der Waals surface area contributed by atoms with Crippen LogP contribution in [0.15, 0.2) is 23.4 Å². The van der Waals surface area contributed by atoms with Crippen LogP contribution in [0.3, 0.4) is 0 Å². The average molecular weight is 382 g/mol. The molecule has 9 heteroatoms. The number of alkyl halides is 2. The number of rotatable bonds is 5. The molecule has 0 radical (unpaired) electrons. The lowest BCUT2D eigenvalue weighted by atomic mass is 9.96. The first-order valence-corrected chi connectivity index (χ1v) is 9.27. The summed E-state index contributed by atoms with van der Waals surface area (Å²) < 4.78 is 26.5. The molecule has 0 saturated carbocycles. The van der Waals surface area contributed by atoms with Crippen molar-refractivity contribution in [3.05, 3.63) is 44.5 Å². The van der Waals surface area contributed by atoms with Gasteiger partial charge >= 0.3 is 0 Å². The minimum atomic E-state index is -2.74. The second-order valence-corrected chi connectivity index (χ2v) is 7.77. The molecule has 0 bridgehead atoms. The fraction of sp³-hybridized carbons (Fsp3) is 0.529. The molecule has 0 aliphatic carbocycles. The second-order valence-electron chi connectivity index (χ2n) is 6.45. The van der Waals surface area contributed by atoms with Gasteiger partial charge in [-0.05, 0) is 25.7 Å². The van der Waals surface area contributed by atoms with Gasteiger partial charge in [0.1, 0.15) is 5.69 Å². The number of hydrogen-bond donors (Lipinski definition) is 0. The van der Waals surface area contributed by atoms with Crippen molar-refractivity contribution in [2.45, 2.75) is 39.2 Å². The Morgan fingerprint density at radius 3 is 2.65 bits per heavy atom. The maximum Gasteiger partial charge on any atom is 0.280 e. The Kier molecular flexibility index (Phi) is 5.75. The zero-order valence-electron chi connectivity index (χ0n) is 14.4. The van der Waals surface area contributed by atoms with Crippen molar-refractivity contribution in [1.82, 2.24) is 19.4 Å². The Morgan fingerprint density at radius 2 is 2.08 bits per heavy atom. The first-order valence-electron chi connectivity index (χ1n) is 8.46. The van der Waals surface area contributed by atoms with Crippen molar-refractivity contribution < 1.29 is 13.6 Å². The van der Waals surface area contributed by atoms with Gasteiger partial charge in [0.05, 0.1) is 17.8 Å². The largest absolute Gasteiger partial charge is 0.342 e.